The number of benzene rings is 2. The van der Waals surface area contributed by atoms with Gasteiger partial charge in [-0.2, -0.15) is 0 Å². The van der Waals surface area contributed by atoms with Gasteiger partial charge in [0.2, 0.25) is 15.9 Å². The lowest BCUT2D eigenvalue weighted by molar-refractivity contribution is -0.116. The highest BCUT2D eigenvalue weighted by molar-refractivity contribution is 7.89. The molecule has 6 nitrogen and oxygen atoms in total. The van der Waals surface area contributed by atoms with Crippen LogP contribution in [0.15, 0.2) is 53.4 Å². The molecule has 1 aliphatic carbocycles. The van der Waals surface area contributed by atoms with Crippen LogP contribution in [0, 0.1) is 0 Å². The summed E-state index contributed by atoms with van der Waals surface area (Å²) in [6, 6.07) is 13.5. The third-order valence-electron chi connectivity index (χ3n) is 4.59. The highest BCUT2D eigenvalue weighted by atomic mass is 32.2. The number of hydrogen-bond donors (Lipinski definition) is 2. The predicted octanol–water partition coefficient (Wildman–Crippen LogP) is 3.29. The van der Waals surface area contributed by atoms with Crippen LogP contribution in [0.4, 0.5) is 5.69 Å². The SMILES string of the molecule is CCc1ccc(C(=O)CCC(=O)Nc2cccc(S(=O)(=O)NC3CC3)c2)cc1. The van der Waals surface area contributed by atoms with Gasteiger partial charge in [0.25, 0.3) is 0 Å². The lowest BCUT2D eigenvalue weighted by Crippen LogP contribution is -2.25. The van der Waals surface area contributed by atoms with Crippen molar-refractivity contribution >= 4 is 27.4 Å². The Morgan fingerprint density at radius 1 is 1.04 bits per heavy atom. The summed E-state index contributed by atoms with van der Waals surface area (Å²) < 4.78 is 27.1. The van der Waals surface area contributed by atoms with Gasteiger partial charge in [0.1, 0.15) is 0 Å². The third kappa shape index (κ3) is 5.50. The molecule has 148 valence electrons. The Balaban J connectivity index is 1.55. The van der Waals surface area contributed by atoms with E-state index in [1.165, 1.54) is 12.1 Å². The molecule has 0 spiro atoms. The number of aryl methyl sites for hydroxylation is 1. The zero-order valence-corrected chi connectivity index (χ0v) is 16.6. The maximum Gasteiger partial charge on any atom is 0.240 e. The summed E-state index contributed by atoms with van der Waals surface area (Å²) in [7, 11) is -3.58. The van der Waals surface area contributed by atoms with Crippen molar-refractivity contribution in [3.63, 3.8) is 0 Å². The van der Waals surface area contributed by atoms with E-state index in [-0.39, 0.29) is 35.5 Å². The summed E-state index contributed by atoms with van der Waals surface area (Å²) in [5, 5.41) is 2.67. The number of nitrogens with one attached hydrogen (secondary N) is 2. The molecule has 7 heteroatoms. The van der Waals surface area contributed by atoms with E-state index in [0.717, 1.165) is 24.8 Å². The van der Waals surface area contributed by atoms with E-state index in [4.69, 9.17) is 0 Å². The van der Waals surface area contributed by atoms with Crippen molar-refractivity contribution in [3.8, 4) is 0 Å². The summed E-state index contributed by atoms with van der Waals surface area (Å²) in [4.78, 5) is 24.5. The molecule has 0 unspecified atom stereocenters. The van der Waals surface area contributed by atoms with Gasteiger partial charge in [-0.3, -0.25) is 9.59 Å². The van der Waals surface area contributed by atoms with Gasteiger partial charge < -0.3 is 5.32 Å². The molecule has 1 fully saturated rings. The number of carbonyl (C=O) groups excluding carboxylic acids is 2. The molecule has 0 aliphatic heterocycles. The quantitative estimate of drug-likeness (QED) is 0.632. The standard InChI is InChI=1S/C21H24N2O4S/c1-2-15-6-8-16(9-7-15)20(24)12-13-21(25)22-18-4-3-5-19(14-18)28(26,27)23-17-10-11-17/h3-9,14,17,23H,2,10-13H2,1H3,(H,22,25). The second-order valence-electron chi connectivity index (χ2n) is 6.95. The Kier molecular flexibility index (Phi) is 6.26. The minimum absolute atomic E-state index is 0.0145. The minimum Gasteiger partial charge on any atom is -0.326 e. The van der Waals surface area contributed by atoms with E-state index in [9.17, 15) is 18.0 Å². The van der Waals surface area contributed by atoms with Crippen molar-refractivity contribution in [1.82, 2.24) is 4.72 Å². The van der Waals surface area contributed by atoms with Crippen LogP contribution in [0.3, 0.4) is 0 Å². The van der Waals surface area contributed by atoms with Crippen molar-refractivity contribution in [2.24, 2.45) is 0 Å². The van der Waals surface area contributed by atoms with E-state index >= 15 is 0 Å². The van der Waals surface area contributed by atoms with E-state index in [1.807, 2.05) is 19.1 Å². The van der Waals surface area contributed by atoms with Gasteiger partial charge in [-0.05, 0) is 43.0 Å². The van der Waals surface area contributed by atoms with Gasteiger partial charge in [0, 0.05) is 30.1 Å². The third-order valence-corrected chi connectivity index (χ3v) is 6.11. The lowest BCUT2D eigenvalue weighted by Gasteiger charge is -2.09. The van der Waals surface area contributed by atoms with Gasteiger partial charge in [0.15, 0.2) is 5.78 Å². The second kappa shape index (κ2) is 8.67. The van der Waals surface area contributed by atoms with Gasteiger partial charge in [-0.15, -0.1) is 0 Å². The van der Waals surface area contributed by atoms with Gasteiger partial charge in [0.05, 0.1) is 4.90 Å². The van der Waals surface area contributed by atoms with Crippen LogP contribution in [0.25, 0.3) is 0 Å². The molecule has 1 saturated carbocycles. The zero-order chi connectivity index (χ0) is 20.1. The fraction of sp³-hybridized carbons (Fsp3) is 0.333. The minimum atomic E-state index is -3.58. The molecule has 2 aromatic rings. The maximum atomic E-state index is 12.3. The number of rotatable bonds is 9. The first kappa shape index (κ1) is 20.2. The molecule has 0 radical (unpaired) electrons. The summed E-state index contributed by atoms with van der Waals surface area (Å²) in [6.45, 7) is 2.05. The van der Waals surface area contributed by atoms with Crippen molar-refractivity contribution < 1.29 is 18.0 Å². The van der Waals surface area contributed by atoms with Crippen LogP contribution in [0.5, 0.6) is 0 Å². The number of carbonyl (C=O) groups is 2. The van der Waals surface area contributed by atoms with Crippen molar-refractivity contribution in [1.29, 1.82) is 0 Å². The van der Waals surface area contributed by atoms with Crippen molar-refractivity contribution in [3.05, 3.63) is 59.7 Å². The fourth-order valence-electron chi connectivity index (χ4n) is 2.75. The Morgan fingerprint density at radius 2 is 1.75 bits per heavy atom. The molecule has 2 N–H and O–H groups in total. The first-order valence-electron chi connectivity index (χ1n) is 9.42. The van der Waals surface area contributed by atoms with Gasteiger partial charge in [-0.1, -0.05) is 37.3 Å². The molecule has 28 heavy (non-hydrogen) atoms. The summed E-state index contributed by atoms with van der Waals surface area (Å²) in [5.41, 5.74) is 2.13. The van der Waals surface area contributed by atoms with Crippen molar-refractivity contribution in [2.75, 3.05) is 5.32 Å². The first-order chi connectivity index (χ1) is 13.4. The maximum absolute atomic E-state index is 12.3. The summed E-state index contributed by atoms with van der Waals surface area (Å²) in [6.07, 6.45) is 2.74. The highest BCUT2D eigenvalue weighted by Crippen LogP contribution is 2.23. The van der Waals surface area contributed by atoms with Crippen molar-refractivity contribution in [2.45, 2.75) is 50.0 Å². The Bertz CT molecular complexity index is 964. The molecular formula is C21H24N2O4S. The predicted molar refractivity (Wildman–Crippen MR) is 108 cm³/mol. The van der Waals surface area contributed by atoms with E-state index in [2.05, 4.69) is 10.0 Å². The van der Waals surface area contributed by atoms with Crippen LogP contribution in [-0.2, 0) is 21.2 Å². The number of hydrogen-bond acceptors (Lipinski definition) is 4. The Labute approximate surface area is 165 Å². The second-order valence-corrected chi connectivity index (χ2v) is 8.66. The number of Topliss-reactive ketones (excluding diaryl/α,β-unsaturated/α-hetero) is 1. The lowest BCUT2D eigenvalue weighted by atomic mass is 10.0. The van der Waals surface area contributed by atoms with Crippen LogP contribution in [0.2, 0.25) is 0 Å². The molecule has 2 aromatic carbocycles. The highest BCUT2D eigenvalue weighted by Gasteiger charge is 2.28. The molecule has 0 atom stereocenters. The smallest absolute Gasteiger partial charge is 0.240 e. The Hall–Kier alpha value is -2.51. The topological polar surface area (TPSA) is 92.3 Å². The van der Waals surface area contributed by atoms with Gasteiger partial charge >= 0.3 is 0 Å². The monoisotopic (exact) mass is 400 g/mol. The summed E-state index contributed by atoms with van der Waals surface area (Å²) >= 11 is 0. The molecule has 0 saturated heterocycles. The van der Waals surface area contributed by atoms with E-state index in [0.29, 0.717) is 11.3 Å². The number of amides is 1. The summed E-state index contributed by atoms with van der Waals surface area (Å²) in [5.74, 6) is -0.425. The van der Waals surface area contributed by atoms with Crippen LogP contribution >= 0.6 is 0 Å². The van der Waals surface area contributed by atoms with Crippen LogP contribution in [-0.4, -0.2) is 26.2 Å². The average Bonchev–Trinajstić information content (AvgIpc) is 3.49. The van der Waals surface area contributed by atoms with E-state index < -0.39 is 10.0 Å². The molecule has 0 heterocycles. The molecule has 1 aliphatic rings. The van der Waals surface area contributed by atoms with Crippen LogP contribution in [0.1, 0.15) is 48.5 Å². The average molecular weight is 401 g/mol. The molecule has 1 amide bonds. The molecule has 3 rings (SSSR count). The zero-order valence-electron chi connectivity index (χ0n) is 15.8. The van der Waals surface area contributed by atoms with Gasteiger partial charge in [-0.25, -0.2) is 13.1 Å². The Morgan fingerprint density at radius 3 is 2.39 bits per heavy atom. The first-order valence-corrected chi connectivity index (χ1v) is 10.9. The fourth-order valence-corrected chi connectivity index (χ4v) is 4.10. The largest absolute Gasteiger partial charge is 0.326 e. The molecule has 0 aromatic heterocycles. The van der Waals surface area contributed by atoms with Crippen LogP contribution < -0.4 is 10.0 Å². The molecule has 0 bridgehead atoms. The normalized spacial score (nSPS) is 13.9. The number of ketones is 1. The van der Waals surface area contributed by atoms with E-state index in [1.54, 1.807) is 24.3 Å². The molecular weight excluding hydrogens is 376 g/mol. The number of anilines is 1. The number of sulfonamides is 1.